The summed E-state index contributed by atoms with van der Waals surface area (Å²) < 4.78 is 11.1. The number of hydrogen-bond donors (Lipinski definition) is 1. The molecular weight excluding hydrogens is 398 g/mol. The van der Waals surface area contributed by atoms with Crippen LogP contribution >= 0.6 is 11.3 Å². The number of fused-ring (bicyclic) bond motifs is 3. The SMILES string of the molecule is CCCOc1cc(/C=C(\C#N)c2nc3sc4c(c3c(=O)[nH]2)CCCC4)ccc1OC. The molecule has 2 heterocycles. The van der Waals surface area contributed by atoms with E-state index in [1.54, 1.807) is 30.6 Å². The number of allylic oxidation sites excluding steroid dienone is 1. The van der Waals surface area contributed by atoms with E-state index in [1.165, 1.54) is 4.88 Å². The Morgan fingerprint density at radius 1 is 1.33 bits per heavy atom. The highest BCUT2D eigenvalue weighted by Crippen LogP contribution is 2.34. The third-order valence-corrected chi connectivity index (χ3v) is 6.35. The molecule has 0 bridgehead atoms. The summed E-state index contributed by atoms with van der Waals surface area (Å²) in [7, 11) is 1.59. The van der Waals surface area contributed by atoms with Crippen LogP contribution in [0.5, 0.6) is 11.5 Å². The second-order valence-electron chi connectivity index (χ2n) is 7.23. The summed E-state index contributed by atoms with van der Waals surface area (Å²) >= 11 is 1.57. The van der Waals surface area contributed by atoms with Crippen molar-refractivity contribution in [3.8, 4) is 17.6 Å². The fourth-order valence-electron chi connectivity index (χ4n) is 3.72. The fraction of sp³-hybridized carbons (Fsp3) is 0.348. The molecule has 0 amide bonds. The van der Waals surface area contributed by atoms with Gasteiger partial charge >= 0.3 is 0 Å². The Bertz CT molecular complexity index is 1220. The number of nitriles is 1. The summed E-state index contributed by atoms with van der Waals surface area (Å²) in [4.78, 5) is 22.2. The van der Waals surface area contributed by atoms with Crippen molar-refractivity contribution in [1.82, 2.24) is 9.97 Å². The summed E-state index contributed by atoms with van der Waals surface area (Å²) in [6.07, 6.45) is 6.75. The highest BCUT2D eigenvalue weighted by molar-refractivity contribution is 7.18. The number of aromatic amines is 1. The molecule has 0 saturated heterocycles. The molecule has 3 aromatic rings. The van der Waals surface area contributed by atoms with Gasteiger partial charge in [-0.1, -0.05) is 13.0 Å². The molecule has 30 heavy (non-hydrogen) atoms. The zero-order valence-electron chi connectivity index (χ0n) is 17.1. The van der Waals surface area contributed by atoms with Gasteiger partial charge in [0.2, 0.25) is 0 Å². The topological polar surface area (TPSA) is 88.0 Å². The molecule has 0 atom stereocenters. The first-order chi connectivity index (χ1) is 14.6. The maximum absolute atomic E-state index is 12.8. The second kappa shape index (κ2) is 8.72. The maximum atomic E-state index is 12.8. The third kappa shape index (κ3) is 3.83. The minimum Gasteiger partial charge on any atom is -0.493 e. The van der Waals surface area contributed by atoms with Crippen molar-refractivity contribution in [3.05, 3.63) is 50.4 Å². The summed E-state index contributed by atoms with van der Waals surface area (Å²) in [5.74, 6) is 1.55. The van der Waals surface area contributed by atoms with Gasteiger partial charge in [-0.25, -0.2) is 4.98 Å². The Labute approximate surface area is 178 Å². The first-order valence-electron chi connectivity index (χ1n) is 10.1. The minimum absolute atomic E-state index is 0.169. The zero-order valence-corrected chi connectivity index (χ0v) is 17.9. The van der Waals surface area contributed by atoms with Crippen molar-refractivity contribution in [2.24, 2.45) is 0 Å². The number of nitrogens with one attached hydrogen (secondary N) is 1. The molecule has 7 heteroatoms. The Hall–Kier alpha value is -3.11. The number of thiophene rings is 1. The Kier molecular flexibility index (Phi) is 5.86. The zero-order chi connectivity index (χ0) is 21.1. The molecule has 1 N–H and O–H groups in total. The predicted octanol–water partition coefficient (Wildman–Crippen LogP) is 4.72. The molecule has 6 nitrogen and oxygen atoms in total. The number of aromatic nitrogens is 2. The molecule has 0 aliphatic heterocycles. The van der Waals surface area contributed by atoms with Gasteiger partial charge in [0.25, 0.3) is 5.56 Å². The largest absolute Gasteiger partial charge is 0.493 e. The summed E-state index contributed by atoms with van der Waals surface area (Å²) in [6.45, 7) is 2.60. The molecule has 4 rings (SSSR count). The fourth-order valence-corrected chi connectivity index (χ4v) is 4.98. The molecule has 1 aromatic carbocycles. The van der Waals surface area contributed by atoms with Crippen LogP contribution in [0.15, 0.2) is 23.0 Å². The molecular formula is C23H23N3O3S. The molecule has 1 aliphatic carbocycles. The number of benzene rings is 1. The van der Waals surface area contributed by atoms with Gasteiger partial charge in [-0.3, -0.25) is 4.79 Å². The monoisotopic (exact) mass is 421 g/mol. The van der Waals surface area contributed by atoms with Gasteiger partial charge in [0, 0.05) is 4.88 Å². The van der Waals surface area contributed by atoms with Gasteiger partial charge in [0.15, 0.2) is 17.3 Å². The quantitative estimate of drug-likeness (QED) is 0.582. The van der Waals surface area contributed by atoms with E-state index in [2.05, 4.69) is 16.0 Å². The average Bonchev–Trinajstić information content (AvgIpc) is 3.15. The first-order valence-corrected chi connectivity index (χ1v) is 10.9. The van der Waals surface area contributed by atoms with Crippen LogP contribution in [0, 0.1) is 11.3 Å². The van der Waals surface area contributed by atoms with E-state index in [9.17, 15) is 10.1 Å². The van der Waals surface area contributed by atoms with E-state index in [1.807, 2.05) is 19.1 Å². The van der Waals surface area contributed by atoms with Crippen LogP contribution < -0.4 is 15.0 Å². The van der Waals surface area contributed by atoms with E-state index >= 15 is 0 Å². The Morgan fingerprint density at radius 3 is 2.93 bits per heavy atom. The number of rotatable bonds is 6. The molecule has 0 fully saturated rings. The van der Waals surface area contributed by atoms with Gasteiger partial charge in [-0.05, 0) is 61.4 Å². The van der Waals surface area contributed by atoms with E-state index in [0.29, 0.717) is 39.7 Å². The highest BCUT2D eigenvalue weighted by atomic mass is 32.1. The number of aryl methyl sites for hydroxylation is 2. The van der Waals surface area contributed by atoms with Crippen LogP contribution in [-0.2, 0) is 12.8 Å². The van der Waals surface area contributed by atoms with E-state index in [-0.39, 0.29) is 5.56 Å². The van der Waals surface area contributed by atoms with Crippen molar-refractivity contribution < 1.29 is 9.47 Å². The van der Waals surface area contributed by atoms with Crippen molar-refractivity contribution in [2.45, 2.75) is 39.0 Å². The van der Waals surface area contributed by atoms with Gasteiger partial charge < -0.3 is 14.5 Å². The summed E-state index contributed by atoms with van der Waals surface area (Å²) in [5.41, 5.74) is 2.04. The molecule has 154 valence electrons. The molecule has 2 aromatic heterocycles. The Morgan fingerprint density at radius 2 is 2.17 bits per heavy atom. The second-order valence-corrected chi connectivity index (χ2v) is 8.32. The van der Waals surface area contributed by atoms with E-state index in [0.717, 1.165) is 43.2 Å². The van der Waals surface area contributed by atoms with Crippen molar-refractivity contribution in [3.63, 3.8) is 0 Å². The summed E-state index contributed by atoms with van der Waals surface area (Å²) in [6, 6.07) is 7.65. The number of H-pyrrole nitrogens is 1. The Balaban J connectivity index is 1.75. The first kappa shape index (κ1) is 20.2. The number of ether oxygens (including phenoxy) is 2. The standard InChI is InChI=1S/C23H23N3O3S/c1-3-10-29-18-12-14(8-9-17(18)28-2)11-15(13-24)21-25-22(27)20-16-6-4-5-7-19(16)30-23(20)26-21/h8-9,11-12H,3-7,10H2,1-2H3,(H,25,26,27)/b15-11+. The lowest BCUT2D eigenvalue weighted by Gasteiger charge is -2.11. The number of methoxy groups -OCH3 is 1. The van der Waals surface area contributed by atoms with Crippen LogP contribution in [0.1, 0.15) is 48.0 Å². The average molecular weight is 422 g/mol. The maximum Gasteiger partial charge on any atom is 0.260 e. The summed E-state index contributed by atoms with van der Waals surface area (Å²) in [5, 5.41) is 10.4. The minimum atomic E-state index is -0.169. The van der Waals surface area contributed by atoms with Crippen LogP contribution in [-0.4, -0.2) is 23.7 Å². The van der Waals surface area contributed by atoms with Crippen LogP contribution in [0.3, 0.4) is 0 Å². The van der Waals surface area contributed by atoms with Crippen molar-refractivity contribution >= 4 is 33.2 Å². The number of nitrogens with zero attached hydrogens (tertiary/aromatic N) is 2. The van der Waals surface area contributed by atoms with E-state index < -0.39 is 0 Å². The lowest BCUT2D eigenvalue weighted by Crippen LogP contribution is -2.12. The smallest absolute Gasteiger partial charge is 0.260 e. The molecule has 0 spiro atoms. The lowest BCUT2D eigenvalue weighted by molar-refractivity contribution is 0.294. The van der Waals surface area contributed by atoms with Gasteiger partial charge in [0.1, 0.15) is 10.9 Å². The molecule has 1 aliphatic rings. The normalized spacial score (nSPS) is 13.7. The van der Waals surface area contributed by atoms with Gasteiger partial charge in [0.05, 0.1) is 24.7 Å². The molecule has 0 saturated carbocycles. The number of hydrogen-bond acceptors (Lipinski definition) is 6. The van der Waals surface area contributed by atoms with E-state index in [4.69, 9.17) is 9.47 Å². The predicted molar refractivity (Wildman–Crippen MR) is 119 cm³/mol. The third-order valence-electron chi connectivity index (χ3n) is 5.16. The van der Waals surface area contributed by atoms with Crippen molar-refractivity contribution in [2.75, 3.05) is 13.7 Å². The highest BCUT2D eigenvalue weighted by Gasteiger charge is 2.20. The molecule has 0 radical (unpaired) electrons. The van der Waals surface area contributed by atoms with Gasteiger partial charge in [-0.15, -0.1) is 11.3 Å². The van der Waals surface area contributed by atoms with Crippen LogP contribution in [0.4, 0.5) is 0 Å². The van der Waals surface area contributed by atoms with Crippen LogP contribution in [0.2, 0.25) is 0 Å². The van der Waals surface area contributed by atoms with Crippen molar-refractivity contribution in [1.29, 1.82) is 5.26 Å². The van der Waals surface area contributed by atoms with Gasteiger partial charge in [-0.2, -0.15) is 5.26 Å². The lowest BCUT2D eigenvalue weighted by atomic mass is 9.97. The van der Waals surface area contributed by atoms with Crippen LogP contribution in [0.25, 0.3) is 21.9 Å². The molecule has 0 unspecified atom stereocenters.